The van der Waals surface area contributed by atoms with Gasteiger partial charge in [-0.05, 0) is 36.4 Å². The zero-order chi connectivity index (χ0) is 15.6. The highest BCUT2D eigenvalue weighted by Gasteiger charge is 2.08. The molecule has 0 radical (unpaired) electrons. The summed E-state index contributed by atoms with van der Waals surface area (Å²) in [4.78, 5) is 20.5. The van der Waals surface area contributed by atoms with Gasteiger partial charge in [0.1, 0.15) is 5.52 Å². The van der Waals surface area contributed by atoms with Crippen molar-refractivity contribution in [3.63, 3.8) is 0 Å². The third-order valence-electron chi connectivity index (χ3n) is 3.61. The van der Waals surface area contributed by atoms with Gasteiger partial charge in [0.05, 0.1) is 28.5 Å². The smallest absolute Gasteiger partial charge is 0.271 e. The number of rotatable bonds is 3. The molecule has 0 unspecified atom stereocenters. The number of amides is 1. The Kier molecular flexibility index (Phi) is 3.12. The third kappa shape index (κ3) is 2.36. The van der Waals surface area contributed by atoms with Crippen LogP contribution in [0.15, 0.2) is 67.3 Å². The van der Waals surface area contributed by atoms with E-state index in [4.69, 9.17) is 0 Å². The molecule has 3 heterocycles. The number of benzene rings is 1. The van der Waals surface area contributed by atoms with Crippen molar-refractivity contribution < 1.29 is 4.79 Å². The molecule has 6 heteroatoms. The Morgan fingerprint density at radius 2 is 2.00 bits per heavy atom. The number of fused-ring (bicyclic) bond motifs is 3. The van der Waals surface area contributed by atoms with Gasteiger partial charge in [-0.25, -0.2) is 0 Å². The standard InChI is InChI=1S/C17H13N5O/c23-17(12-4-2-8-18-10-12)21-20-14-6-1-7-15-16(14)19-11-13-5-3-9-22(13)15/h1-11,20H,(H,21,23). The number of hydrogen-bond donors (Lipinski definition) is 2. The Labute approximate surface area is 131 Å². The molecule has 3 aromatic heterocycles. The number of anilines is 1. The van der Waals surface area contributed by atoms with Crippen LogP contribution in [0.25, 0.3) is 16.6 Å². The second-order valence-electron chi connectivity index (χ2n) is 5.06. The second-order valence-corrected chi connectivity index (χ2v) is 5.06. The van der Waals surface area contributed by atoms with Gasteiger partial charge in [0.15, 0.2) is 0 Å². The Hall–Kier alpha value is -3.41. The van der Waals surface area contributed by atoms with Crippen LogP contribution < -0.4 is 10.9 Å². The van der Waals surface area contributed by atoms with Crippen molar-refractivity contribution in [1.29, 1.82) is 0 Å². The van der Waals surface area contributed by atoms with E-state index >= 15 is 0 Å². The lowest BCUT2D eigenvalue weighted by molar-refractivity contribution is 0.0962. The van der Waals surface area contributed by atoms with Crippen LogP contribution in [0.5, 0.6) is 0 Å². The molecule has 23 heavy (non-hydrogen) atoms. The number of nitrogens with zero attached hydrogens (tertiary/aromatic N) is 3. The Bertz CT molecular complexity index is 994. The monoisotopic (exact) mass is 303 g/mol. The summed E-state index contributed by atoms with van der Waals surface area (Å²) in [5.41, 5.74) is 9.60. The van der Waals surface area contributed by atoms with E-state index in [0.717, 1.165) is 22.2 Å². The molecular weight excluding hydrogens is 290 g/mol. The van der Waals surface area contributed by atoms with E-state index in [9.17, 15) is 4.79 Å². The van der Waals surface area contributed by atoms with Crippen molar-refractivity contribution in [2.24, 2.45) is 0 Å². The molecule has 4 rings (SSSR count). The first-order chi connectivity index (χ1) is 11.3. The average Bonchev–Trinajstić information content (AvgIpc) is 3.09. The predicted molar refractivity (Wildman–Crippen MR) is 88.0 cm³/mol. The summed E-state index contributed by atoms with van der Waals surface area (Å²) >= 11 is 0. The number of hydrogen-bond acceptors (Lipinski definition) is 4. The van der Waals surface area contributed by atoms with Crippen LogP contribution in [0.3, 0.4) is 0 Å². The summed E-state index contributed by atoms with van der Waals surface area (Å²) in [6.45, 7) is 0. The van der Waals surface area contributed by atoms with Gasteiger partial charge in [0.25, 0.3) is 5.91 Å². The van der Waals surface area contributed by atoms with Gasteiger partial charge in [0, 0.05) is 18.6 Å². The summed E-state index contributed by atoms with van der Waals surface area (Å²) in [5.74, 6) is -0.253. The number of aromatic nitrogens is 3. The number of carbonyl (C=O) groups is 1. The van der Waals surface area contributed by atoms with Crippen molar-refractivity contribution in [3.8, 4) is 0 Å². The Morgan fingerprint density at radius 3 is 2.87 bits per heavy atom. The van der Waals surface area contributed by atoms with Crippen LogP contribution in [0, 0.1) is 0 Å². The molecule has 6 nitrogen and oxygen atoms in total. The highest BCUT2D eigenvalue weighted by Crippen LogP contribution is 2.22. The summed E-state index contributed by atoms with van der Waals surface area (Å²) < 4.78 is 2.05. The molecule has 112 valence electrons. The van der Waals surface area contributed by atoms with Crippen LogP contribution in [0.2, 0.25) is 0 Å². The number of hydrazine groups is 1. The minimum atomic E-state index is -0.253. The van der Waals surface area contributed by atoms with E-state index in [-0.39, 0.29) is 5.91 Å². The first-order valence-corrected chi connectivity index (χ1v) is 7.14. The van der Waals surface area contributed by atoms with Gasteiger partial charge in [-0.1, -0.05) is 6.07 Å². The molecule has 0 aliphatic carbocycles. The molecule has 1 aromatic carbocycles. The third-order valence-corrected chi connectivity index (χ3v) is 3.61. The zero-order valence-corrected chi connectivity index (χ0v) is 12.1. The lowest BCUT2D eigenvalue weighted by Gasteiger charge is -2.11. The van der Waals surface area contributed by atoms with Crippen LogP contribution >= 0.6 is 0 Å². The van der Waals surface area contributed by atoms with Crippen LogP contribution in [-0.2, 0) is 0 Å². The van der Waals surface area contributed by atoms with Crippen molar-refractivity contribution >= 4 is 28.1 Å². The fraction of sp³-hybridized carbons (Fsp3) is 0. The fourth-order valence-corrected chi connectivity index (χ4v) is 2.50. The van der Waals surface area contributed by atoms with E-state index in [1.54, 1.807) is 24.5 Å². The van der Waals surface area contributed by atoms with Crippen molar-refractivity contribution in [1.82, 2.24) is 19.8 Å². The molecule has 2 N–H and O–H groups in total. The number of pyridine rings is 1. The summed E-state index contributed by atoms with van der Waals surface area (Å²) in [6.07, 6.45) is 6.93. The zero-order valence-electron chi connectivity index (χ0n) is 12.1. The summed E-state index contributed by atoms with van der Waals surface area (Å²) in [5, 5.41) is 0. The largest absolute Gasteiger partial charge is 0.313 e. The summed E-state index contributed by atoms with van der Waals surface area (Å²) in [7, 11) is 0. The number of carbonyl (C=O) groups excluding carboxylic acids is 1. The minimum Gasteiger partial charge on any atom is -0.313 e. The van der Waals surface area contributed by atoms with Gasteiger partial charge >= 0.3 is 0 Å². The highest BCUT2D eigenvalue weighted by atomic mass is 16.2. The number of para-hydroxylation sites is 1. The van der Waals surface area contributed by atoms with Gasteiger partial charge in [-0.3, -0.25) is 25.6 Å². The molecule has 0 aliphatic rings. The van der Waals surface area contributed by atoms with Gasteiger partial charge in [-0.15, -0.1) is 0 Å². The van der Waals surface area contributed by atoms with E-state index < -0.39 is 0 Å². The lowest BCUT2D eigenvalue weighted by Crippen LogP contribution is -2.29. The van der Waals surface area contributed by atoms with Crippen LogP contribution in [-0.4, -0.2) is 20.3 Å². The highest BCUT2D eigenvalue weighted by molar-refractivity contribution is 5.96. The maximum atomic E-state index is 12.1. The first-order valence-electron chi connectivity index (χ1n) is 7.14. The van der Waals surface area contributed by atoms with Crippen LogP contribution in [0.1, 0.15) is 10.4 Å². The molecule has 1 amide bonds. The maximum absolute atomic E-state index is 12.1. The van der Waals surface area contributed by atoms with Crippen molar-refractivity contribution in [3.05, 3.63) is 72.8 Å². The predicted octanol–water partition coefficient (Wildman–Crippen LogP) is 2.64. The van der Waals surface area contributed by atoms with Crippen molar-refractivity contribution in [2.75, 3.05) is 5.43 Å². The first kappa shape index (κ1) is 13.3. The molecular formula is C17H13N5O. The SMILES string of the molecule is O=C(NNc1cccc2c1ncc1cccn12)c1cccnc1. The second kappa shape index (κ2) is 5.42. The molecule has 0 atom stereocenters. The van der Waals surface area contributed by atoms with E-state index in [0.29, 0.717) is 5.56 Å². The molecule has 0 saturated heterocycles. The van der Waals surface area contributed by atoms with Crippen molar-refractivity contribution in [2.45, 2.75) is 0 Å². The minimum absolute atomic E-state index is 0.253. The van der Waals surface area contributed by atoms with E-state index in [1.165, 1.54) is 6.20 Å². The van der Waals surface area contributed by atoms with Gasteiger partial charge in [0.2, 0.25) is 0 Å². The Morgan fingerprint density at radius 1 is 1.04 bits per heavy atom. The quantitative estimate of drug-likeness (QED) is 0.571. The molecule has 0 bridgehead atoms. The lowest BCUT2D eigenvalue weighted by atomic mass is 10.2. The Balaban J connectivity index is 1.65. The molecule has 4 aromatic rings. The van der Waals surface area contributed by atoms with Gasteiger partial charge < -0.3 is 4.40 Å². The molecule has 0 fully saturated rings. The maximum Gasteiger partial charge on any atom is 0.271 e. The van der Waals surface area contributed by atoms with Crippen LogP contribution in [0.4, 0.5) is 5.69 Å². The topological polar surface area (TPSA) is 71.3 Å². The fourth-order valence-electron chi connectivity index (χ4n) is 2.50. The molecule has 0 saturated carbocycles. The average molecular weight is 303 g/mol. The molecule has 0 spiro atoms. The van der Waals surface area contributed by atoms with Gasteiger partial charge in [-0.2, -0.15) is 0 Å². The number of nitrogens with one attached hydrogen (secondary N) is 2. The normalized spacial score (nSPS) is 10.8. The summed E-state index contributed by atoms with van der Waals surface area (Å²) in [6, 6.07) is 13.2. The molecule has 0 aliphatic heterocycles. The van der Waals surface area contributed by atoms with E-state index in [2.05, 4.69) is 25.2 Å². The van der Waals surface area contributed by atoms with E-state index in [1.807, 2.05) is 36.5 Å².